The van der Waals surface area contributed by atoms with Crippen molar-refractivity contribution in [1.29, 1.82) is 0 Å². The molecule has 0 aromatic heterocycles. The Balaban J connectivity index is 1.75. The predicted molar refractivity (Wildman–Crippen MR) is 74.4 cm³/mol. The summed E-state index contributed by atoms with van der Waals surface area (Å²) in [5, 5.41) is 0. The van der Waals surface area contributed by atoms with Crippen molar-refractivity contribution in [2.24, 2.45) is 0 Å². The Bertz CT molecular complexity index is 203. The number of rotatable bonds is 4. The monoisotopic (exact) mass is 238 g/mol. The van der Waals surface area contributed by atoms with Crippen LogP contribution in [0.2, 0.25) is 0 Å². The lowest BCUT2D eigenvalue weighted by Crippen LogP contribution is -2.47. The lowest BCUT2D eigenvalue weighted by atomic mass is 9.92. The van der Waals surface area contributed by atoms with Crippen LogP contribution >= 0.6 is 0 Å². The molecule has 0 atom stereocenters. The van der Waals surface area contributed by atoms with Gasteiger partial charge in [0.05, 0.1) is 0 Å². The number of hydrogen-bond donors (Lipinski definition) is 0. The summed E-state index contributed by atoms with van der Waals surface area (Å²) < 4.78 is 0. The molecule has 0 aromatic carbocycles. The van der Waals surface area contributed by atoms with Gasteiger partial charge < -0.3 is 9.80 Å². The van der Waals surface area contributed by atoms with E-state index in [-0.39, 0.29) is 0 Å². The molecule has 1 aliphatic carbocycles. The molecule has 2 heteroatoms. The minimum atomic E-state index is 0.867. The Kier molecular flexibility index (Phi) is 5.30. The van der Waals surface area contributed by atoms with Gasteiger partial charge in [0, 0.05) is 12.1 Å². The summed E-state index contributed by atoms with van der Waals surface area (Å²) in [5.41, 5.74) is 0. The van der Waals surface area contributed by atoms with Gasteiger partial charge in [0.25, 0.3) is 0 Å². The fourth-order valence-corrected chi connectivity index (χ4v) is 3.65. The second-order valence-electron chi connectivity index (χ2n) is 6.03. The first-order valence-corrected chi connectivity index (χ1v) is 7.75. The average Bonchev–Trinajstić information content (AvgIpc) is 2.40. The quantitative estimate of drug-likeness (QED) is 0.742. The van der Waals surface area contributed by atoms with Crippen molar-refractivity contribution in [3.8, 4) is 0 Å². The van der Waals surface area contributed by atoms with Gasteiger partial charge in [-0.3, -0.25) is 0 Å². The fraction of sp³-hybridized carbons (Fsp3) is 1.00. The number of nitrogens with zero attached hydrogens (tertiary/aromatic N) is 2. The van der Waals surface area contributed by atoms with Crippen molar-refractivity contribution < 1.29 is 0 Å². The van der Waals surface area contributed by atoms with Gasteiger partial charge in [-0.05, 0) is 58.8 Å². The number of hydrogen-bond acceptors (Lipinski definition) is 2. The van der Waals surface area contributed by atoms with E-state index in [0.29, 0.717) is 0 Å². The summed E-state index contributed by atoms with van der Waals surface area (Å²) >= 11 is 0. The lowest BCUT2D eigenvalue weighted by molar-refractivity contribution is 0.0802. The van der Waals surface area contributed by atoms with Crippen LogP contribution < -0.4 is 0 Å². The van der Waals surface area contributed by atoms with Crippen molar-refractivity contribution in [3.63, 3.8) is 0 Å². The average molecular weight is 238 g/mol. The fourth-order valence-electron chi connectivity index (χ4n) is 3.65. The zero-order chi connectivity index (χ0) is 12.1. The highest BCUT2D eigenvalue weighted by molar-refractivity contribution is 4.83. The minimum Gasteiger partial charge on any atom is -0.303 e. The highest BCUT2D eigenvalue weighted by atomic mass is 15.2. The summed E-state index contributed by atoms with van der Waals surface area (Å²) in [7, 11) is 2.39. The maximum atomic E-state index is 2.72. The molecule has 0 aromatic rings. The van der Waals surface area contributed by atoms with E-state index in [1.54, 1.807) is 0 Å². The van der Waals surface area contributed by atoms with Crippen LogP contribution in [-0.2, 0) is 0 Å². The summed E-state index contributed by atoms with van der Waals surface area (Å²) in [6, 6.07) is 1.76. The van der Waals surface area contributed by atoms with Gasteiger partial charge in [-0.2, -0.15) is 0 Å². The molecule has 2 fully saturated rings. The summed E-state index contributed by atoms with van der Waals surface area (Å²) in [6.45, 7) is 6.26. The molecule has 1 saturated carbocycles. The molecule has 2 aliphatic rings. The van der Waals surface area contributed by atoms with E-state index in [2.05, 4.69) is 23.8 Å². The molecular weight excluding hydrogens is 208 g/mol. The SMILES string of the molecule is CCCN1CCC(N(C)C2CCCCC2)CC1. The highest BCUT2D eigenvalue weighted by Gasteiger charge is 2.27. The Morgan fingerprint density at radius 1 is 0.941 bits per heavy atom. The number of piperidine rings is 1. The standard InChI is InChI=1S/C15H30N2/c1-3-11-17-12-9-15(10-13-17)16(2)14-7-5-4-6-8-14/h14-15H,3-13H2,1-2H3. The van der Waals surface area contributed by atoms with E-state index in [9.17, 15) is 0 Å². The number of likely N-dealkylation sites (tertiary alicyclic amines) is 1. The molecule has 0 N–H and O–H groups in total. The van der Waals surface area contributed by atoms with Crippen LogP contribution in [-0.4, -0.2) is 48.6 Å². The van der Waals surface area contributed by atoms with Crippen LogP contribution in [0.4, 0.5) is 0 Å². The van der Waals surface area contributed by atoms with Crippen molar-refractivity contribution in [2.45, 2.75) is 70.4 Å². The van der Waals surface area contributed by atoms with Crippen LogP contribution in [0.3, 0.4) is 0 Å². The van der Waals surface area contributed by atoms with Crippen molar-refractivity contribution in [3.05, 3.63) is 0 Å². The van der Waals surface area contributed by atoms with Crippen LogP contribution in [0.25, 0.3) is 0 Å². The van der Waals surface area contributed by atoms with Gasteiger partial charge in [-0.15, -0.1) is 0 Å². The Morgan fingerprint density at radius 2 is 1.53 bits per heavy atom. The first-order chi connectivity index (χ1) is 8.31. The van der Waals surface area contributed by atoms with Gasteiger partial charge in [-0.1, -0.05) is 26.2 Å². The third-order valence-electron chi connectivity index (χ3n) is 4.82. The summed E-state index contributed by atoms with van der Waals surface area (Å²) in [6.07, 6.45) is 11.4. The Hall–Kier alpha value is -0.0800. The van der Waals surface area contributed by atoms with E-state index in [1.807, 2.05) is 0 Å². The van der Waals surface area contributed by atoms with Gasteiger partial charge in [0.15, 0.2) is 0 Å². The Labute approximate surface area is 107 Å². The van der Waals surface area contributed by atoms with Crippen molar-refractivity contribution in [1.82, 2.24) is 9.80 Å². The third-order valence-corrected chi connectivity index (χ3v) is 4.82. The van der Waals surface area contributed by atoms with Gasteiger partial charge >= 0.3 is 0 Å². The normalized spacial score (nSPS) is 25.6. The van der Waals surface area contributed by atoms with Crippen LogP contribution in [0.1, 0.15) is 58.3 Å². The second-order valence-corrected chi connectivity index (χ2v) is 6.03. The van der Waals surface area contributed by atoms with Gasteiger partial charge in [0.2, 0.25) is 0 Å². The topological polar surface area (TPSA) is 6.48 Å². The molecule has 0 radical (unpaired) electrons. The maximum Gasteiger partial charge on any atom is 0.0119 e. The molecule has 1 aliphatic heterocycles. The van der Waals surface area contributed by atoms with Crippen LogP contribution in [0.5, 0.6) is 0 Å². The molecule has 0 amide bonds. The first-order valence-electron chi connectivity index (χ1n) is 7.75. The molecule has 17 heavy (non-hydrogen) atoms. The highest BCUT2D eigenvalue weighted by Crippen LogP contribution is 2.26. The minimum absolute atomic E-state index is 0.867. The Morgan fingerprint density at radius 3 is 2.12 bits per heavy atom. The summed E-state index contributed by atoms with van der Waals surface area (Å²) in [4.78, 5) is 5.37. The molecule has 0 bridgehead atoms. The third kappa shape index (κ3) is 3.69. The van der Waals surface area contributed by atoms with E-state index in [1.165, 1.54) is 71.0 Å². The van der Waals surface area contributed by atoms with E-state index in [4.69, 9.17) is 0 Å². The largest absolute Gasteiger partial charge is 0.303 e. The molecular formula is C15H30N2. The zero-order valence-corrected chi connectivity index (χ0v) is 11.8. The first kappa shape index (κ1) is 13.4. The van der Waals surface area contributed by atoms with Gasteiger partial charge in [-0.25, -0.2) is 0 Å². The van der Waals surface area contributed by atoms with E-state index < -0.39 is 0 Å². The lowest BCUT2D eigenvalue weighted by Gasteiger charge is -2.41. The molecule has 1 saturated heterocycles. The van der Waals surface area contributed by atoms with E-state index in [0.717, 1.165) is 12.1 Å². The molecule has 100 valence electrons. The predicted octanol–water partition coefficient (Wildman–Crippen LogP) is 3.13. The molecule has 2 nitrogen and oxygen atoms in total. The molecule has 2 rings (SSSR count). The second kappa shape index (κ2) is 6.75. The summed E-state index contributed by atoms with van der Waals surface area (Å²) in [5.74, 6) is 0. The van der Waals surface area contributed by atoms with Crippen LogP contribution in [0.15, 0.2) is 0 Å². The van der Waals surface area contributed by atoms with Crippen LogP contribution in [0, 0.1) is 0 Å². The molecule has 1 heterocycles. The zero-order valence-electron chi connectivity index (χ0n) is 11.8. The molecule has 0 spiro atoms. The van der Waals surface area contributed by atoms with Crippen molar-refractivity contribution >= 4 is 0 Å². The van der Waals surface area contributed by atoms with E-state index >= 15 is 0 Å². The smallest absolute Gasteiger partial charge is 0.0119 e. The van der Waals surface area contributed by atoms with Gasteiger partial charge in [0.1, 0.15) is 0 Å². The van der Waals surface area contributed by atoms with Crippen molar-refractivity contribution in [2.75, 3.05) is 26.7 Å². The molecule has 0 unspecified atom stereocenters. The maximum absolute atomic E-state index is 2.72.